The van der Waals surface area contributed by atoms with Crippen LogP contribution in [0, 0.1) is 5.92 Å². The van der Waals surface area contributed by atoms with Crippen LogP contribution in [0.25, 0.3) is 0 Å². The summed E-state index contributed by atoms with van der Waals surface area (Å²) in [6.45, 7) is 1.34. The van der Waals surface area contributed by atoms with E-state index < -0.39 is 24.6 Å². The van der Waals surface area contributed by atoms with Crippen molar-refractivity contribution in [2.75, 3.05) is 13.2 Å². The van der Waals surface area contributed by atoms with Gasteiger partial charge in [-0.2, -0.15) is 0 Å². The first kappa shape index (κ1) is 14.2. The molecule has 0 unspecified atom stereocenters. The molecule has 0 aromatic carbocycles. The molecule has 0 saturated heterocycles. The number of alkyl carbamates (subject to hydrolysis) is 1. The molecule has 18 heavy (non-hydrogen) atoms. The van der Waals surface area contributed by atoms with Gasteiger partial charge in [-0.1, -0.05) is 12.2 Å². The number of hydrogen-bond donors (Lipinski definition) is 1. The molecule has 1 aliphatic rings. The van der Waals surface area contributed by atoms with Gasteiger partial charge in [0, 0.05) is 0 Å². The van der Waals surface area contributed by atoms with Crippen molar-refractivity contribution in [2.24, 2.45) is 5.92 Å². The highest BCUT2D eigenvalue weighted by atomic mass is 16.6. The average Bonchev–Trinajstić information content (AvgIpc) is 2.37. The summed E-state index contributed by atoms with van der Waals surface area (Å²) < 4.78 is 9.34. The number of ether oxygens (including phenoxy) is 2. The number of hydrogen-bond acceptors (Lipinski definition) is 5. The highest BCUT2D eigenvalue weighted by Crippen LogP contribution is 2.19. The summed E-state index contributed by atoms with van der Waals surface area (Å²) in [5.41, 5.74) is 0. The van der Waals surface area contributed by atoms with Crippen LogP contribution in [0.1, 0.15) is 26.2 Å². The third kappa shape index (κ3) is 4.99. The van der Waals surface area contributed by atoms with Crippen molar-refractivity contribution in [3.63, 3.8) is 0 Å². The lowest BCUT2D eigenvalue weighted by Crippen LogP contribution is -2.35. The second-order valence-corrected chi connectivity index (χ2v) is 3.86. The fraction of sp³-hybridized carbons (Fsp3) is 0.583. The van der Waals surface area contributed by atoms with Gasteiger partial charge < -0.3 is 9.47 Å². The van der Waals surface area contributed by atoms with Gasteiger partial charge in [0.2, 0.25) is 0 Å². The lowest BCUT2D eigenvalue weighted by Gasteiger charge is -2.15. The molecule has 1 N–H and O–H groups in total. The molecule has 0 fully saturated rings. The van der Waals surface area contributed by atoms with Gasteiger partial charge in [-0.25, -0.2) is 4.79 Å². The van der Waals surface area contributed by atoms with Crippen LogP contribution in [0.5, 0.6) is 0 Å². The van der Waals surface area contributed by atoms with Gasteiger partial charge in [0.15, 0.2) is 6.61 Å². The lowest BCUT2D eigenvalue weighted by atomic mass is 9.95. The molecule has 0 aromatic heterocycles. The number of carbonyl (C=O) groups is 3. The van der Waals surface area contributed by atoms with Crippen LogP contribution in [-0.4, -0.2) is 31.2 Å². The summed E-state index contributed by atoms with van der Waals surface area (Å²) in [6.07, 6.45) is 5.31. The van der Waals surface area contributed by atoms with E-state index in [-0.39, 0.29) is 12.5 Å². The Morgan fingerprint density at radius 1 is 1.28 bits per heavy atom. The van der Waals surface area contributed by atoms with E-state index in [1.165, 1.54) is 0 Å². The van der Waals surface area contributed by atoms with Crippen LogP contribution in [-0.2, 0) is 19.1 Å². The van der Waals surface area contributed by atoms with Crippen LogP contribution >= 0.6 is 0 Å². The topological polar surface area (TPSA) is 81.7 Å². The Kier molecular flexibility index (Phi) is 5.90. The zero-order chi connectivity index (χ0) is 13.4. The van der Waals surface area contributed by atoms with E-state index in [0.717, 1.165) is 12.8 Å². The van der Waals surface area contributed by atoms with Gasteiger partial charge in [0.1, 0.15) is 0 Å². The molecule has 0 bridgehead atoms. The number of esters is 1. The minimum atomic E-state index is -0.834. The van der Waals surface area contributed by atoms with E-state index in [9.17, 15) is 14.4 Å². The Balaban J connectivity index is 2.23. The number of amides is 2. The Morgan fingerprint density at radius 2 is 2.06 bits per heavy atom. The van der Waals surface area contributed by atoms with Gasteiger partial charge in [0.25, 0.3) is 5.91 Å². The zero-order valence-corrected chi connectivity index (χ0v) is 10.3. The molecule has 6 heteroatoms. The van der Waals surface area contributed by atoms with Crippen LogP contribution in [0.15, 0.2) is 12.2 Å². The van der Waals surface area contributed by atoms with Gasteiger partial charge in [0.05, 0.1) is 12.5 Å². The predicted molar refractivity (Wildman–Crippen MR) is 62.6 cm³/mol. The van der Waals surface area contributed by atoms with Crippen molar-refractivity contribution in [1.82, 2.24) is 5.32 Å². The molecule has 0 aliphatic heterocycles. The van der Waals surface area contributed by atoms with Gasteiger partial charge in [-0.15, -0.1) is 0 Å². The largest absolute Gasteiger partial charge is 0.455 e. The van der Waals surface area contributed by atoms with Crippen molar-refractivity contribution >= 4 is 18.0 Å². The van der Waals surface area contributed by atoms with Crippen molar-refractivity contribution < 1.29 is 23.9 Å². The average molecular weight is 255 g/mol. The molecule has 1 aliphatic carbocycles. The number of imide groups is 1. The third-order valence-electron chi connectivity index (χ3n) is 2.46. The molecule has 6 nitrogen and oxygen atoms in total. The standard InChI is InChI=1S/C12H17NO5/c1-2-17-12(16)13-10(14)8-18-11(15)9-6-4-3-5-7-9/h3-4,9H,2,5-8H2,1H3,(H,13,14,16)/t9-/m0/s1. The Hall–Kier alpha value is -1.85. The molecule has 100 valence electrons. The maximum Gasteiger partial charge on any atom is 0.413 e. The van der Waals surface area contributed by atoms with Crippen molar-refractivity contribution in [1.29, 1.82) is 0 Å². The third-order valence-corrected chi connectivity index (χ3v) is 2.46. The normalized spacial score (nSPS) is 17.9. The van der Waals surface area contributed by atoms with Crippen LogP contribution in [0.3, 0.4) is 0 Å². The Morgan fingerprint density at radius 3 is 2.67 bits per heavy atom. The molecule has 0 radical (unpaired) electrons. The van der Waals surface area contributed by atoms with Crippen molar-refractivity contribution in [3.05, 3.63) is 12.2 Å². The number of nitrogens with one attached hydrogen (secondary N) is 1. The minimum Gasteiger partial charge on any atom is -0.455 e. The molecule has 0 heterocycles. The maximum absolute atomic E-state index is 11.6. The first-order valence-electron chi connectivity index (χ1n) is 5.91. The fourth-order valence-electron chi connectivity index (χ4n) is 1.58. The highest BCUT2D eigenvalue weighted by molar-refractivity contribution is 5.93. The van der Waals surface area contributed by atoms with E-state index >= 15 is 0 Å². The predicted octanol–water partition coefficient (Wildman–Crippen LogP) is 1.16. The smallest absolute Gasteiger partial charge is 0.413 e. The summed E-state index contributed by atoms with van der Waals surface area (Å²) in [4.78, 5) is 33.7. The van der Waals surface area contributed by atoms with E-state index in [0.29, 0.717) is 6.42 Å². The quantitative estimate of drug-likeness (QED) is 0.602. The molecule has 2 amide bonds. The second kappa shape index (κ2) is 7.47. The zero-order valence-electron chi connectivity index (χ0n) is 10.3. The second-order valence-electron chi connectivity index (χ2n) is 3.86. The van der Waals surface area contributed by atoms with Crippen molar-refractivity contribution in [2.45, 2.75) is 26.2 Å². The summed E-state index contributed by atoms with van der Waals surface area (Å²) in [5, 5.41) is 1.95. The molecular weight excluding hydrogens is 238 g/mol. The highest BCUT2D eigenvalue weighted by Gasteiger charge is 2.21. The monoisotopic (exact) mass is 255 g/mol. The lowest BCUT2D eigenvalue weighted by molar-refractivity contribution is -0.152. The number of allylic oxidation sites excluding steroid dienone is 2. The number of rotatable bonds is 4. The van der Waals surface area contributed by atoms with E-state index in [1.807, 2.05) is 17.5 Å². The summed E-state index contributed by atoms with van der Waals surface area (Å²) in [5.74, 6) is -1.28. The molecule has 0 aromatic rings. The van der Waals surface area contributed by atoms with Crippen molar-refractivity contribution in [3.8, 4) is 0 Å². The SMILES string of the molecule is CCOC(=O)NC(=O)COC(=O)[C@H]1CC=CCC1. The van der Waals surface area contributed by atoms with Gasteiger partial charge in [-0.05, 0) is 26.2 Å². The Labute approximate surface area is 105 Å². The Bertz CT molecular complexity index is 350. The molecular formula is C12H17NO5. The summed E-state index contributed by atoms with van der Waals surface area (Å²) in [7, 11) is 0. The summed E-state index contributed by atoms with van der Waals surface area (Å²) >= 11 is 0. The maximum atomic E-state index is 11.6. The van der Waals surface area contributed by atoms with Crippen LogP contribution < -0.4 is 5.32 Å². The first-order chi connectivity index (χ1) is 8.63. The summed E-state index contributed by atoms with van der Waals surface area (Å²) in [6, 6.07) is 0. The van der Waals surface area contributed by atoms with Crippen LogP contribution in [0.4, 0.5) is 4.79 Å². The van der Waals surface area contributed by atoms with E-state index in [2.05, 4.69) is 4.74 Å². The van der Waals surface area contributed by atoms with E-state index in [1.54, 1.807) is 6.92 Å². The van der Waals surface area contributed by atoms with Gasteiger partial charge >= 0.3 is 12.1 Å². The molecule has 1 rings (SSSR count). The first-order valence-corrected chi connectivity index (χ1v) is 5.91. The molecule has 0 spiro atoms. The molecule has 1 atom stereocenters. The molecule has 0 saturated carbocycles. The van der Waals surface area contributed by atoms with Gasteiger partial charge in [-0.3, -0.25) is 14.9 Å². The van der Waals surface area contributed by atoms with E-state index in [4.69, 9.17) is 4.74 Å². The fourth-order valence-corrected chi connectivity index (χ4v) is 1.58. The minimum absolute atomic E-state index is 0.174. The van der Waals surface area contributed by atoms with Crippen LogP contribution in [0.2, 0.25) is 0 Å². The number of carbonyl (C=O) groups excluding carboxylic acids is 3.